The van der Waals surface area contributed by atoms with Gasteiger partial charge in [0.05, 0.1) is 23.4 Å². The highest BCUT2D eigenvalue weighted by Crippen LogP contribution is 2.34. The summed E-state index contributed by atoms with van der Waals surface area (Å²) in [6.45, 7) is 4.75. The lowest BCUT2D eigenvalue weighted by molar-refractivity contribution is 0.0601. The number of nitrogens with zero attached hydrogens (tertiary/aromatic N) is 2. The number of methoxy groups -OCH3 is 1. The van der Waals surface area contributed by atoms with Crippen LogP contribution in [0, 0.1) is 0 Å². The number of benzene rings is 1. The highest BCUT2D eigenvalue weighted by atomic mass is 35.5. The second kappa shape index (κ2) is 6.54. The predicted octanol–water partition coefficient (Wildman–Crippen LogP) is 2.24. The van der Waals surface area contributed by atoms with Crippen LogP contribution in [-0.4, -0.2) is 50.7 Å². The average Bonchev–Trinajstić information content (AvgIpc) is 2.46. The number of hydrogen-bond acceptors (Lipinski definition) is 5. The molecule has 0 aromatic heterocycles. The predicted molar refractivity (Wildman–Crippen MR) is 86.1 cm³/mol. The van der Waals surface area contributed by atoms with Gasteiger partial charge in [0, 0.05) is 31.4 Å². The lowest BCUT2D eigenvalue weighted by Gasteiger charge is -2.41. The number of anilines is 2. The number of esters is 1. The smallest absolute Gasteiger partial charge is 0.340 e. The topological polar surface area (TPSA) is 58.8 Å². The van der Waals surface area contributed by atoms with Crippen molar-refractivity contribution in [3.05, 3.63) is 22.7 Å². The van der Waals surface area contributed by atoms with E-state index in [9.17, 15) is 4.79 Å². The maximum atomic E-state index is 12.0. The second-order valence-electron chi connectivity index (χ2n) is 5.38. The Morgan fingerprint density at radius 2 is 2.19 bits per heavy atom. The van der Waals surface area contributed by atoms with Crippen molar-refractivity contribution in [2.24, 2.45) is 0 Å². The van der Waals surface area contributed by atoms with E-state index < -0.39 is 5.97 Å². The first-order chi connectivity index (χ1) is 9.97. The molecule has 6 heteroatoms. The molecule has 2 rings (SSSR count). The lowest BCUT2D eigenvalue weighted by atomic mass is 10.1. The van der Waals surface area contributed by atoms with Crippen LogP contribution in [0.25, 0.3) is 0 Å². The van der Waals surface area contributed by atoms with Crippen LogP contribution in [0.15, 0.2) is 12.1 Å². The van der Waals surface area contributed by atoms with E-state index in [0.717, 1.165) is 31.7 Å². The minimum Gasteiger partial charge on any atom is -0.465 e. The molecule has 1 aromatic carbocycles. The molecular weight excluding hydrogens is 290 g/mol. The van der Waals surface area contributed by atoms with Gasteiger partial charge in [0.2, 0.25) is 0 Å². The van der Waals surface area contributed by atoms with Crippen LogP contribution in [0.2, 0.25) is 5.02 Å². The van der Waals surface area contributed by atoms with Gasteiger partial charge in [-0.25, -0.2) is 4.79 Å². The SMILES string of the molecule is CCC1CN(c2c(Cl)cc(N)cc2C(=O)OC)CCN1C. The molecule has 0 bridgehead atoms. The van der Waals surface area contributed by atoms with E-state index in [0.29, 0.717) is 22.3 Å². The summed E-state index contributed by atoms with van der Waals surface area (Å²) >= 11 is 6.35. The van der Waals surface area contributed by atoms with Gasteiger partial charge in [0.25, 0.3) is 0 Å². The Balaban J connectivity index is 2.41. The standard InChI is InChI=1S/C15H22ClN3O2/c1-4-11-9-19(6-5-18(11)2)14-12(15(20)21-3)7-10(17)8-13(14)16/h7-8,11H,4-6,9,17H2,1-3H3. The maximum absolute atomic E-state index is 12.0. The molecule has 0 amide bonds. The number of carbonyl (C=O) groups is 1. The first-order valence-electron chi connectivity index (χ1n) is 7.10. The van der Waals surface area contributed by atoms with Crippen molar-refractivity contribution in [3.8, 4) is 0 Å². The third-order valence-corrected chi connectivity index (χ3v) is 4.34. The minimum atomic E-state index is -0.411. The summed E-state index contributed by atoms with van der Waals surface area (Å²) in [5.74, 6) is -0.411. The van der Waals surface area contributed by atoms with Crippen molar-refractivity contribution in [2.45, 2.75) is 19.4 Å². The Morgan fingerprint density at radius 1 is 1.48 bits per heavy atom. The molecule has 21 heavy (non-hydrogen) atoms. The maximum Gasteiger partial charge on any atom is 0.340 e. The highest BCUT2D eigenvalue weighted by molar-refractivity contribution is 6.34. The zero-order chi connectivity index (χ0) is 15.6. The van der Waals surface area contributed by atoms with E-state index in [1.807, 2.05) is 0 Å². The molecule has 0 aliphatic carbocycles. The van der Waals surface area contributed by atoms with Crippen LogP contribution in [0.4, 0.5) is 11.4 Å². The molecule has 116 valence electrons. The van der Waals surface area contributed by atoms with Crippen molar-refractivity contribution in [3.63, 3.8) is 0 Å². The molecule has 5 nitrogen and oxygen atoms in total. The number of nitrogens with two attached hydrogens (primary N) is 1. The fraction of sp³-hybridized carbons (Fsp3) is 0.533. The highest BCUT2D eigenvalue weighted by Gasteiger charge is 2.28. The van der Waals surface area contributed by atoms with Gasteiger partial charge in [-0.1, -0.05) is 18.5 Å². The van der Waals surface area contributed by atoms with Crippen molar-refractivity contribution in [1.29, 1.82) is 0 Å². The normalized spacial score (nSPS) is 19.6. The molecule has 1 aliphatic rings. The average molecular weight is 312 g/mol. The van der Waals surface area contributed by atoms with Crippen molar-refractivity contribution >= 4 is 28.9 Å². The van der Waals surface area contributed by atoms with E-state index >= 15 is 0 Å². The summed E-state index contributed by atoms with van der Waals surface area (Å²) < 4.78 is 4.86. The van der Waals surface area contributed by atoms with E-state index in [1.165, 1.54) is 7.11 Å². The summed E-state index contributed by atoms with van der Waals surface area (Å²) in [4.78, 5) is 16.5. The summed E-state index contributed by atoms with van der Waals surface area (Å²) in [5, 5.41) is 0.495. The van der Waals surface area contributed by atoms with Gasteiger partial charge in [-0.3, -0.25) is 4.90 Å². The van der Waals surface area contributed by atoms with Gasteiger partial charge in [-0.2, -0.15) is 0 Å². The van der Waals surface area contributed by atoms with Crippen molar-refractivity contribution in [1.82, 2.24) is 4.90 Å². The number of likely N-dealkylation sites (N-methyl/N-ethyl adjacent to an activating group) is 1. The number of hydrogen-bond donors (Lipinski definition) is 1. The molecule has 1 saturated heterocycles. The van der Waals surface area contributed by atoms with Crippen LogP contribution in [0.3, 0.4) is 0 Å². The number of piperazine rings is 1. The van der Waals surface area contributed by atoms with Crippen LogP contribution in [-0.2, 0) is 4.74 Å². The van der Waals surface area contributed by atoms with Gasteiger partial charge in [0.15, 0.2) is 0 Å². The number of nitrogen functional groups attached to an aromatic ring is 1. The number of carbonyl (C=O) groups excluding carboxylic acids is 1. The van der Waals surface area contributed by atoms with Crippen molar-refractivity contribution < 1.29 is 9.53 Å². The first kappa shape index (κ1) is 15.9. The van der Waals surface area contributed by atoms with Gasteiger partial charge < -0.3 is 15.4 Å². The monoisotopic (exact) mass is 311 g/mol. The number of halogens is 1. The Kier molecular flexibility index (Phi) is 4.96. The zero-order valence-corrected chi connectivity index (χ0v) is 13.5. The zero-order valence-electron chi connectivity index (χ0n) is 12.7. The summed E-state index contributed by atoms with van der Waals surface area (Å²) in [5.41, 5.74) is 7.43. The number of rotatable bonds is 3. The molecule has 0 spiro atoms. The molecule has 1 heterocycles. The molecule has 1 aromatic rings. The van der Waals surface area contributed by atoms with Crippen LogP contribution in [0.5, 0.6) is 0 Å². The van der Waals surface area contributed by atoms with Gasteiger partial charge in [-0.15, -0.1) is 0 Å². The van der Waals surface area contributed by atoms with Gasteiger partial charge >= 0.3 is 5.97 Å². The third kappa shape index (κ3) is 3.24. The van der Waals surface area contributed by atoms with Crippen LogP contribution < -0.4 is 10.6 Å². The molecule has 1 atom stereocenters. The third-order valence-electron chi connectivity index (χ3n) is 4.06. The summed E-state index contributed by atoms with van der Waals surface area (Å²) in [6, 6.07) is 3.76. The Bertz CT molecular complexity index is 536. The van der Waals surface area contributed by atoms with Crippen LogP contribution in [0.1, 0.15) is 23.7 Å². The quantitative estimate of drug-likeness (QED) is 0.685. The van der Waals surface area contributed by atoms with Gasteiger partial charge in [-0.05, 0) is 25.6 Å². The van der Waals surface area contributed by atoms with E-state index in [1.54, 1.807) is 12.1 Å². The Labute approximate surface area is 130 Å². The van der Waals surface area contributed by atoms with E-state index in [2.05, 4.69) is 23.8 Å². The molecule has 1 fully saturated rings. The Morgan fingerprint density at radius 3 is 2.81 bits per heavy atom. The minimum absolute atomic E-state index is 0.411. The molecule has 2 N–H and O–H groups in total. The molecule has 0 radical (unpaired) electrons. The van der Waals surface area contributed by atoms with E-state index in [-0.39, 0.29) is 0 Å². The molecule has 1 unspecified atom stereocenters. The van der Waals surface area contributed by atoms with Crippen molar-refractivity contribution in [2.75, 3.05) is 44.4 Å². The summed E-state index contributed by atoms with van der Waals surface area (Å²) in [6.07, 6.45) is 1.05. The molecular formula is C15H22ClN3O2. The first-order valence-corrected chi connectivity index (χ1v) is 7.48. The lowest BCUT2D eigenvalue weighted by Crippen LogP contribution is -2.51. The van der Waals surface area contributed by atoms with E-state index in [4.69, 9.17) is 22.1 Å². The number of ether oxygens (including phenoxy) is 1. The second-order valence-corrected chi connectivity index (χ2v) is 5.79. The molecule has 1 aliphatic heterocycles. The molecule has 0 saturated carbocycles. The summed E-state index contributed by atoms with van der Waals surface area (Å²) in [7, 11) is 3.49. The fourth-order valence-corrected chi connectivity index (χ4v) is 3.14. The fourth-order valence-electron chi connectivity index (χ4n) is 2.80. The van der Waals surface area contributed by atoms with Crippen LogP contribution >= 0.6 is 11.6 Å². The largest absolute Gasteiger partial charge is 0.465 e. The van der Waals surface area contributed by atoms with Gasteiger partial charge in [0.1, 0.15) is 0 Å². The Hall–Kier alpha value is -1.46.